The fraction of sp³-hybridized carbons (Fsp3) is 0.391. The number of anilines is 1. The van der Waals surface area contributed by atoms with Crippen LogP contribution < -0.4 is 9.73 Å². The third kappa shape index (κ3) is 6.61. The van der Waals surface area contributed by atoms with Gasteiger partial charge in [0.05, 0.1) is 21.8 Å². The molecule has 3 rings (SSSR count). The van der Waals surface area contributed by atoms with Crippen LogP contribution in [-0.2, 0) is 14.8 Å². The van der Waals surface area contributed by atoms with Gasteiger partial charge in [-0.2, -0.15) is 13.5 Å². The molecule has 0 spiro atoms. The van der Waals surface area contributed by atoms with Crippen molar-refractivity contribution in [2.75, 3.05) is 31.1 Å². The predicted molar refractivity (Wildman–Crippen MR) is 131 cm³/mol. The molecule has 1 saturated heterocycles. The number of hydrogen-bond donors (Lipinski definition) is 1. The van der Waals surface area contributed by atoms with Crippen LogP contribution in [0, 0.1) is 6.92 Å². The van der Waals surface area contributed by atoms with E-state index < -0.39 is 15.6 Å². The molecule has 0 unspecified atom stereocenters. The van der Waals surface area contributed by atoms with E-state index in [1.54, 1.807) is 29.2 Å². The van der Waals surface area contributed by atoms with Crippen molar-refractivity contribution in [2.45, 2.75) is 38.2 Å². The summed E-state index contributed by atoms with van der Waals surface area (Å²) in [5.74, 6) is 0. The molecular weight excluding hydrogens is 464 g/mol. The van der Waals surface area contributed by atoms with Crippen LogP contribution in [0.2, 0.25) is 5.02 Å². The first kappa shape index (κ1) is 24.9. The smallest absolute Gasteiger partial charge is 0.410 e. The molecule has 178 valence electrons. The molecule has 2 aromatic carbocycles. The highest BCUT2D eigenvalue weighted by atomic mass is 35.5. The van der Waals surface area contributed by atoms with Crippen molar-refractivity contribution < 1.29 is 17.9 Å². The second-order valence-corrected chi connectivity index (χ2v) is 10.9. The minimum absolute atomic E-state index is 0.134. The van der Waals surface area contributed by atoms with E-state index in [0.717, 1.165) is 11.3 Å². The minimum atomic E-state index is -3.78. The summed E-state index contributed by atoms with van der Waals surface area (Å²) in [5, 5.41) is 4.48. The van der Waals surface area contributed by atoms with Crippen LogP contribution in [0.5, 0.6) is 0 Å². The topological polar surface area (TPSA) is 91.3 Å². The maximum atomic E-state index is 12.5. The summed E-state index contributed by atoms with van der Waals surface area (Å²) < 4.78 is 30.4. The number of piperazine rings is 1. The maximum Gasteiger partial charge on any atom is 0.410 e. The Bertz CT molecular complexity index is 1120. The summed E-state index contributed by atoms with van der Waals surface area (Å²) in [6, 6.07) is 11.9. The molecule has 1 amide bonds. The van der Waals surface area contributed by atoms with Crippen LogP contribution in [-0.4, -0.2) is 57.4 Å². The molecule has 10 heteroatoms. The van der Waals surface area contributed by atoms with Crippen LogP contribution in [0.25, 0.3) is 0 Å². The van der Waals surface area contributed by atoms with E-state index >= 15 is 0 Å². The van der Waals surface area contributed by atoms with Gasteiger partial charge in [-0.25, -0.2) is 9.63 Å². The van der Waals surface area contributed by atoms with E-state index in [4.69, 9.17) is 16.3 Å². The molecule has 0 atom stereocenters. The number of carbonyl (C=O) groups excluding carboxylic acids is 1. The molecule has 0 bridgehead atoms. The van der Waals surface area contributed by atoms with E-state index in [1.165, 1.54) is 18.3 Å². The van der Waals surface area contributed by atoms with Gasteiger partial charge in [0.2, 0.25) is 0 Å². The van der Waals surface area contributed by atoms with Crippen molar-refractivity contribution in [2.24, 2.45) is 5.10 Å². The predicted octanol–water partition coefficient (Wildman–Crippen LogP) is 4.02. The molecule has 1 heterocycles. The Morgan fingerprint density at radius 3 is 2.33 bits per heavy atom. The first-order valence-corrected chi connectivity index (χ1v) is 12.5. The molecule has 1 fully saturated rings. The van der Waals surface area contributed by atoms with Gasteiger partial charge in [-0.3, -0.25) is 0 Å². The Morgan fingerprint density at radius 2 is 1.73 bits per heavy atom. The number of halogens is 1. The van der Waals surface area contributed by atoms with E-state index in [-0.39, 0.29) is 11.0 Å². The zero-order valence-electron chi connectivity index (χ0n) is 19.2. The molecule has 8 nitrogen and oxygen atoms in total. The average Bonchev–Trinajstić information content (AvgIpc) is 2.73. The van der Waals surface area contributed by atoms with E-state index in [2.05, 4.69) is 14.8 Å². The number of hydrogen-bond acceptors (Lipinski definition) is 6. The van der Waals surface area contributed by atoms with E-state index in [1.807, 2.05) is 33.8 Å². The van der Waals surface area contributed by atoms with Gasteiger partial charge in [-0.05, 0) is 45.9 Å². The van der Waals surface area contributed by atoms with Crippen LogP contribution in [0.1, 0.15) is 31.9 Å². The second kappa shape index (κ2) is 10.0. The Morgan fingerprint density at radius 1 is 1.09 bits per heavy atom. The number of rotatable bonds is 5. The molecule has 0 aliphatic carbocycles. The van der Waals surface area contributed by atoms with Gasteiger partial charge in [0.25, 0.3) is 10.0 Å². The standard InChI is InChI=1S/C23H29ClN4O4S/c1-17-8-10-19(11-9-17)33(30,31)26-25-16-18-6-5-7-20(24)21(18)27-12-14-28(15-13-27)22(29)32-23(2,3)4/h5-11,16,26H,12-15H2,1-4H3/b25-16+. The molecule has 1 aliphatic heterocycles. The molecule has 1 N–H and O–H groups in total. The fourth-order valence-corrected chi connectivity index (χ4v) is 4.44. The van der Waals surface area contributed by atoms with Crippen molar-refractivity contribution in [1.82, 2.24) is 9.73 Å². The zero-order valence-corrected chi connectivity index (χ0v) is 20.8. The SMILES string of the molecule is Cc1ccc(S(=O)(=O)N/N=C/c2cccc(Cl)c2N2CCN(C(=O)OC(C)(C)C)CC2)cc1. The monoisotopic (exact) mass is 492 g/mol. The largest absolute Gasteiger partial charge is 0.444 e. The lowest BCUT2D eigenvalue weighted by atomic mass is 10.1. The highest BCUT2D eigenvalue weighted by Gasteiger charge is 2.27. The molecular formula is C23H29ClN4O4S. The number of para-hydroxylation sites is 1. The third-order valence-electron chi connectivity index (χ3n) is 4.97. The van der Waals surface area contributed by atoms with Crippen molar-refractivity contribution in [3.8, 4) is 0 Å². The quantitative estimate of drug-likeness (QED) is 0.503. The van der Waals surface area contributed by atoms with E-state index in [0.29, 0.717) is 36.8 Å². The lowest BCUT2D eigenvalue weighted by Gasteiger charge is -2.37. The van der Waals surface area contributed by atoms with Crippen LogP contribution in [0.15, 0.2) is 52.5 Å². The third-order valence-corrected chi connectivity index (χ3v) is 6.52. The Hall–Kier alpha value is -2.78. The zero-order chi connectivity index (χ0) is 24.2. The van der Waals surface area contributed by atoms with Gasteiger partial charge in [0.15, 0.2) is 0 Å². The number of sulfonamides is 1. The van der Waals surface area contributed by atoms with E-state index in [9.17, 15) is 13.2 Å². The lowest BCUT2D eigenvalue weighted by Crippen LogP contribution is -2.50. The number of carbonyl (C=O) groups is 1. The van der Waals surface area contributed by atoms with Gasteiger partial charge in [0, 0.05) is 31.7 Å². The molecule has 0 aromatic heterocycles. The summed E-state index contributed by atoms with van der Waals surface area (Å²) in [5.41, 5.74) is 1.82. The number of amides is 1. The van der Waals surface area contributed by atoms with Crippen molar-refractivity contribution in [3.05, 3.63) is 58.6 Å². The van der Waals surface area contributed by atoms with Gasteiger partial charge in [0.1, 0.15) is 5.60 Å². The first-order chi connectivity index (χ1) is 15.5. The summed E-state index contributed by atoms with van der Waals surface area (Å²) >= 11 is 6.48. The highest BCUT2D eigenvalue weighted by molar-refractivity contribution is 7.89. The number of nitrogens with one attached hydrogen (secondary N) is 1. The highest BCUT2D eigenvalue weighted by Crippen LogP contribution is 2.30. The van der Waals surface area contributed by atoms with Gasteiger partial charge in [-0.15, -0.1) is 0 Å². The van der Waals surface area contributed by atoms with Crippen LogP contribution in [0.4, 0.5) is 10.5 Å². The number of benzene rings is 2. The number of hydrazone groups is 1. The Balaban J connectivity index is 1.71. The maximum absolute atomic E-state index is 12.5. The lowest BCUT2D eigenvalue weighted by molar-refractivity contribution is 0.0240. The van der Waals surface area contributed by atoms with Crippen molar-refractivity contribution in [1.29, 1.82) is 0 Å². The van der Waals surface area contributed by atoms with Crippen LogP contribution in [0.3, 0.4) is 0 Å². The van der Waals surface area contributed by atoms with Crippen molar-refractivity contribution >= 4 is 39.6 Å². The number of ether oxygens (including phenoxy) is 1. The molecule has 0 saturated carbocycles. The minimum Gasteiger partial charge on any atom is -0.444 e. The molecule has 2 aromatic rings. The molecule has 0 radical (unpaired) electrons. The molecule has 1 aliphatic rings. The van der Waals surface area contributed by atoms with Gasteiger partial charge < -0.3 is 14.5 Å². The normalized spacial score (nSPS) is 15.1. The summed E-state index contributed by atoms with van der Waals surface area (Å²) in [4.78, 5) is 18.4. The second-order valence-electron chi connectivity index (χ2n) is 8.80. The first-order valence-electron chi connectivity index (χ1n) is 10.6. The van der Waals surface area contributed by atoms with Gasteiger partial charge in [-0.1, -0.05) is 41.4 Å². The average molecular weight is 493 g/mol. The number of nitrogens with zero attached hydrogens (tertiary/aromatic N) is 3. The number of aryl methyl sites for hydroxylation is 1. The Kier molecular flexibility index (Phi) is 7.54. The summed E-state index contributed by atoms with van der Waals surface area (Å²) in [7, 11) is -3.78. The fourth-order valence-electron chi connectivity index (χ4n) is 3.34. The van der Waals surface area contributed by atoms with Crippen molar-refractivity contribution in [3.63, 3.8) is 0 Å². The van der Waals surface area contributed by atoms with Crippen LogP contribution >= 0.6 is 11.6 Å². The Labute approximate surface area is 200 Å². The van der Waals surface area contributed by atoms with Gasteiger partial charge >= 0.3 is 6.09 Å². The summed E-state index contributed by atoms with van der Waals surface area (Å²) in [6.45, 7) is 9.47. The summed E-state index contributed by atoms with van der Waals surface area (Å²) in [6.07, 6.45) is 1.10. The molecule has 33 heavy (non-hydrogen) atoms.